The summed E-state index contributed by atoms with van der Waals surface area (Å²) in [7, 11) is 0. The predicted molar refractivity (Wildman–Crippen MR) is 78.8 cm³/mol. The number of aryl methyl sites for hydroxylation is 3. The van der Waals surface area contributed by atoms with Crippen molar-refractivity contribution in [1.82, 2.24) is 19.7 Å². The third-order valence-corrected chi connectivity index (χ3v) is 3.64. The normalized spacial score (nSPS) is 11.2. The van der Waals surface area contributed by atoms with E-state index >= 15 is 0 Å². The van der Waals surface area contributed by atoms with Crippen molar-refractivity contribution in [3.8, 4) is 5.82 Å². The molecule has 0 aromatic carbocycles. The van der Waals surface area contributed by atoms with Crippen molar-refractivity contribution >= 4 is 11.0 Å². The van der Waals surface area contributed by atoms with Crippen LogP contribution in [0.2, 0.25) is 0 Å². The Morgan fingerprint density at radius 3 is 2.60 bits per heavy atom. The number of nitrogens with two attached hydrogens (primary N) is 1. The lowest BCUT2D eigenvalue weighted by Gasteiger charge is -2.09. The second-order valence-electron chi connectivity index (χ2n) is 4.89. The number of rotatable bonds is 2. The minimum absolute atomic E-state index is 0.495. The van der Waals surface area contributed by atoms with Gasteiger partial charge in [0.25, 0.3) is 0 Å². The summed E-state index contributed by atoms with van der Waals surface area (Å²) in [6.45, 7) is 6.55. The molecule has 0 aliphatic rings. The number of pyridine rings is 2. The second kappa shape index (κ2) is 4.68. The average Bonchev–Trinajstić information content (AvgIpc) is 2.77. The Morgan fingerprint density at radius 1 is 1.15 bits per heavy atom. The van der Waals surface area contributed by atoms with E-state index in [1.54, 1.807) is 10.9 Å². The lowest BCUT2D eigenvalue weighted by Crippen LogP contribution is -2.06. The first-order valence-corrected chi connectivity index (χ1v) is 6.60. The number of fused-ring (bicyclic) bond motifs is 1. The zero-order valence-electron chi connectivity index (χ0n) is 11.9. The third-order valence-electron chi connectivity index (χ3n) is 3.64. The number of hydrogen-bond donors (Lipinski definition) is 1. The monoisotopic (exact) mass is 267 g/mol. The predicted octanol–water partition coefficient (Wildman–Crippen LogP) is 2.20. The topological polar surface area (TPSA) is 69.6 Å². The molecule has 3 aromatic rings. The van der Waals surface area contributed by atoms with E-state index in [9.17, 15) is 0 Å². The largest absolute Gasteiger partial charge is 0.326 e. The molecule has 0 radical (unpaired) electrons. The van der Waals surface area contributed by atoms with Crippen LogP contribution in [0.15, 0.2) is 24.4 Å². The molecule has 0 unspecified atom stereocenters. The highest BCUT2D eigenvalue weighted by molar-refractivity contribution is 5.84. The second-order valence-corrected chi connectivity index (χ2v) is 4.89. The Labute approximate surface area is 117 Å². The van der Waals surface area contributed by atoms with E-state index < -0.39 is 0 Å². The van der Waals surface area contributed by atoms with Crippen LogP contribution in [-0.4, -0.2) is 19.7 Å². The van der Waals surface area contributed by atoms with Crippen LogP contribution in [0.4, 0.5) is 0 Å². The van der Waals surface area contributed by atoms with Crippen LogP contribution in [0, 0.1) is 20.8 Å². The van der Waals surface area contributed by atoms with Crippen LogP contribution in [0.1, 0.15) is 22.5 Å². The van der Waals surface area contributed by atoms with Crippen LogP contribution < -0.4 is 5.73 Å². The average molecular weight is 267 g/mol. The lowest BCUT2D eigenvalue weighted by atomic mass is 10.0. The van der Waals surface area contributed by atoms with E-state index in [4.69, 9.17) is 5.73 Å². The molecule has 20 heavy (non-hydrogen) atoms. The van der Waals surface area contributed by atoms with Crippen molar-refractivity contribution in [3.63, 3.8) is 0 Å². The van der Waals surface area contributed by atoms with Crippen molar-refractivity contribution in [2.24, 2.45) is 5.73 Å². The summed E-state index contributed by atoms with van der Waals surface area (Å²) in [5, 5.41) is 5.66. The fourth-order valence-corrected chi connectivity index (χ4v) is 2.65. The number of hydrogen-bond acceptors (Lipinski definition) is 4. The molecule has 3 heterocycles. The molecule has 0 spiro atoms. The lowest BCUT2D eigenvalue weighted by molar-refractivity contribution is 0.844. The van der Waals surface area contributed by atoms with Crippen LogP contribution in [-0.2, 0) is 6.54 Å². The number of aromatic nitrogens is 4. The molecule has 0 saturated carbocycles. The van der Waals surface area contributed by atoms with Gasteiger partial charge in [-0.1, -0.05) is 6.07 Å². The van der Waals surface area contributed by atoms with Gasteiger partial charge in [-0.25, -0.2) is 9.97 Å². The summed E-state index contributed by atoms with van der Waals surface area (Å²) >= 11 is 0. The van der Waals surface area contributed by atoms with Gasteiger partial charge in [0.2, 0.25) is 0 Å². The van der Waals surface area contributed by atoms with Crippen LogP contribution in [0.5, 0.6) is 0 Å². The maximum Gasteiger partial charge on any atom is 0.165 e. The van der Waals surface area contributed by atoms with Crippen molar-refractivity contribution < 1.29 is 0 Å². The standard InChI is InChI=1S/C15H17N5/c1-9-12(8-16)10(2)18-15-14(9)11(3)19-20(15)13-6-4-5-7-17-13/h4-7H,8,16H2,1-3H3. The van der Waals surface area contributed by atoms with Gasteiger partial charge in [-0.2, -0.15) is 9.78 Å². The van der Waals surface area contributed by atoms with Gasteiger partial charge < -0.3 is 5.73 Å². The quantitative estimate of drug-likeness (QED) is 0.772. The number of nitrogens with zero attached hydrogens (tertiary/aromatic N) is 4. The summed E-state index contributed by atoms with van der Waals surface area (Å²) in [5.74, 6) is 0.775. The molecular formula is C15H17N5. The summed E-state index contributed by atoms with van der Waals surface area (Å²) in [6, 6.07) is 5.76. The van der Waals surface area contributed by atoms with Crippen LogP contribution >= 0.6 is 0 Å². The van der Waals surface area contributed by atoms with E-state index in [2.05, 4.69) is 22.0 Å². The van der Waals surface area contributed by atoms with Gasteiger partial charge in [0.15, 0.2) is 11.5 Å². The summed E-state index contributed by atoms with van der Waals surface area (Å²) in [5.41, 5.74) is 10.8. The molecule has 0 bridgehead atoms. The van der Waals surface area contributed by atoms with Crippen LogP contribution in [0.3, 0.4) is 0 Å². The molecule has 3 aromatic heterocycles. The first-order valence-electron chi connectivity index (χ1n) is 6.60. The molecule has 0 aliphatic heterocycles. The van der Waals surface area contributed by atoms with Gasteiger partial charge in [-0.3, -0.25) is 0 Å². The fraction of sp³-hybridized carbons (Fsp3) is 0.267. The third kappa shape index (κ3) is 1.78. The van der Waals surface area contributed by atoms with Crippen molar-refractivity contribution in [1.29, 1.82) is 0 Å². The van der Waals surface area contributed by atoms with Gasteiger partial charge in [0.05, 0.1) is 5.69 Å². The van der Waals surface area contributed by atoms with Crippen molar-refractivity contribution in [2.45, 2.75) is 27.3 Å². The smallest absolute Gasteiger partial charge is 0.165 e. The van der Waals surface area contributed by atoms with E-state index in [0.29, 0.717) is 6.54 Å². The highest BCUT2D eigenvalue weighted by Gasteiger charge is 2.16. The molecular weight excluding hydrogens is 250 g/mol. The summed E-state index contributed by atoms with van der Waals surface area (Å²) < 4.78 is 1.80. The molecule has 0 fully saturated rings. The Kier molecular flexibility index (Phi) is 2.99. The first kappa shape index (κ1) is 12.7. The molecule has 0 saturated heterocycles. The Morgan fingerprint density at radius 2 is 1.95 bits per heavy atom. The Bertz CT molecular complexity index is 774. The maximum atomic E-state index is 5.83. The molecule has 0 atom stereocenters. The van der Waals surface area contributed by atoms with E-state index in [1.807, 2.05) is 32.0 Å². The molecule has 102 valence electrons. The molecule has 0 aliphatic carbocycles. The molecule has 2 N–H and O–H groups in total. The molecule has 0 amide bonds. The van der Waals surface area contributed by atoms with Crippen molar-refractivity contribution in [3.05, 3.63) is 46.9 Å². The minimum atomic E-state index is 0.495. The zero-order chi connectivity index (χ0) is 14.3. The Hall–Kier alpha value is -2.27. The minimum Gasteiger partial charge on any atom is -0.326 e. The highest BCUT2D eigenvalue weighted by atomic mass is 15.3. The molecule has 3 rings (SSSR count). The van der Waals surface area contributed by atoms with Gasteiger partial charge in [-0.05, 0) is 44.0 Å². The zero-order valence-corrected chi connectivity index (χ0v) is 11.9. The van der Waals surface area contributed by atoms with Gasteiger partial charge in [0, 0.05) is 23.8 Å². The molecule has 5 nitrogen and oxygen atoms in total. The van der Waals surface area contributed by atoms with Gasteiger partial charge >= 0.3 is 0 Å². The van der Waals surface area contributed by atoms with E-state index in [-0.39, 0.29) is 0 Å². The van der Waals surface area contributed by atoms with E-state index in [1.165, 1.54) is 0 Å². The first-order chi connectivity index (χ1) is 9.63. The van der Waals surface area contributed by atoms with Gasteiger partial charge in [0.1, 0.15) is 0 Å². The van der Waals surface area contributed by atoms with E-state index in [0.717, 1.165) is 39.4 Å². The van der Waals surface area contributed by atoms with Gasteiger partial charge in [-0.15, -0.1) is 0 Å². The Balaban J connectivity index is 2.38. The summed E-state index contributed by atoms with van der Waals surface area (Å²) in [6.07, 6.45) is 1.76. The summed E-state index contributed by atoms with van der Waals surface area (Å²) in [4.78, 5) is 9.04. The maximum absolute atomic E-state index is 5.83. The fourth-order valence-electron chi connectivity index (χ4n) is 2.65. The highest BCUT2D eigenvalue weighted by Crippen LogP contribution is 2.26. The van der Waals surface area contributed by atoms with Crippen molar-refractivity contribution in [2.75, 3.05) is 0 Å². The SMILES string of the molecule is Cc1nc2c(c(C)nn2-c2ccccn2)c(C)c1CN. The molecule has 5 heteroatoms. The van der Waals surface area contributed by atoms with Crippen LogP contribution in [0.25, 0.3) is 16.9 Å².